The molecule has 1 aliphatic carbocycles. The minimum Gasteiger partial charge on any atom is -0.453 e. The second kappa shape index (κ2) is 3.52. The van der Waals surface area contributed by atoms with Crippen molar-refractivity contribution >= 4 is 5.97 Å². The predicted octanol–water partition coefficient (Wildman–Crippen LogP) is 2.44. The molecule has 2 nitrogen and oxygen atoms in total. The lowest BCUT2D eigenvalue weighted by atomic mass is 9.80. The molecule has 2 fully saturated rings. The van der Waals surface area contributed by atoms with Crippen LogP contribution in [0.3, 0.4) is 0 Å². The molecule has 1 saturated heterocycles. The molecule has 1 aliphatic heterocycles. The molecule has 0 aromatic heterocycles. The third kappa shape index (κ3) is 1.50. The summed E-state index contributed by atoms with van der Waals surface area (Å²) in [5, 5.41) is 0. The van der Waals surface area contributed by atoms with Gasteiger partial charge in [-0.25, -0.2) is 4.79 Å². The van der Waals surface area contributed by atoms with Crippen molar-refractivity contribution in [2.24, 2.45) is 5.92 Å². The Labute approximate surface area is 79.0 Å². The maximum absolute atomic E-state index is 11.0. The zero-order chi connectivity index (χ0) is 9.26. The van der Waals surface area contributed by atoms with Crippen LogP contribution in [-0.4, -0.2) is 12.1 Å². The maximum Gasteiger partial charge on any atom is 0.338 e. The first kappa shape index (κ1) is 8.79. The molecule has 1 heterocycles. The molecule has 0 aromatic rings. The third-order valence-electron chi connectivity index (χ3n) is 3.17. The Morgan fingerprint density at radius 2 is 2.00 bits per heavy atom. The predicted molar refractivity (Wildman–Crippen MR) is 50.2 cm³/mol. The molecule has 2 heteroatoms. The van der Waals surface area contributed by atoms with Crippen LogP contribution in [0.4, 0.5) is 0 Å². The molecular formula is C11H16O2. The van der Waals surface area contributed by atoms with Gasteiger partial charge in [0.25, 0.3) is 0 Å². The molecule has 2 rings (SSSR count). The lowest BCUT2D eigenvalue weighted by molar-refractivity contribution is -0.161. The van der Waals surface area contributed by atoms with Crippen molar-refractivity contribution in [1.82, 2.24) is 0 Å². The minimum absolute atomic E-state index is 0.0990. The van der Waals surface area contributed by atoms with Crippen LogP contribution in [0.5, 0.6) is 0 Å². The van der Waals surface area contributed by atoms with Crippen molar-refractivity contribution < 1.29 is 9.53 Å². The lowest BCUT2D eigenvalue weighted by Crippen LogP contribution is -2.42. The van der Waals surface area contributed by atoms with E-state index in [2.05, 4.69) is 0 Å². The van der Waals surface area contributed by atoms with Crippen molar-refractivity contribution in [1.29, 1.82) is 0 Å². The van der Waals surface area contributed by atoms with Gasteiger partial charge in [0, 0.05) is 5.92 Å². The molecule has 1 saturated carbocycles. The van der Waals surface area contributed by atoms with E-state index in [-0.39, 0.29) is 12.1 Å². The number of ether oxygens (including phenoxy) is 1. The molecule has 0 N–H and O–H groups in total. The summed E-state index contributed by atoms with van der Waals surface area (Å²) >= 11 is 0. The van der Waals surface area contributed by atoms with Gasteiger partial charge in [-0.2, -0.15) is 0 Å². The topological polar surface area (TPSA) is 26.3 Å². The summed E-state index contributed by atoms with van der Waals surface area (Å²) in [6.07, 6.45) is 8.46. The number of hydrogen-bond donors (Lipinski definition) is 0. The van der Waals surface area contributed by atoms with Gasteiger partial charge in [0.2, 0.25) is 0 Å². The van der Waals surface area contributed by atoms with E-state index in [9.17, 15) is 4.79 Å². The Balaban J connectivity index is 1.98. The average Bonchev–Trinajstić information content (AvgIpc) is 2.16. The summed E-state index contributed by atoms with van der Waals surface area (Å²) in [6, 6.07) is 0. The summed E-state index contributed by atoms with van der Waals surface area (Å²) in [4.78, 5) is 11.0. The Morgan fingerprint density at radius 3 is 2.54 bits per heavy atom. The number of hydrogen-bond acceptors (Lipinski definition) is 2. The van der Waals surface area contributed by atoms with Crippen molar-refractivity contribution in [3.8, 4) is 0 Å². The lowest BCUT2D eigenvalue weighted by Gasteiger charge is -2.37. The van der Waals surface area contributed by atoms with Gasteiger partial charge < -0.3 is 4.74 Å². The van der Waals surface area contributed by atoms with E-state index >= 15 is 0 Å². The molecular weight excluding hydrogens is 164 g/mol. The standard InChI is InChI=1S/C11H16O2/c1-2-9-10(13-11(9)12)8-6-4-3-5-7-8/h2,8,10H,3-7H2,1H3/b9-2-. The highest BCUT2D eigenvalue weighted by Gasteiger charge is 2.40. The fourth-order valence-corrected chi connectivity index (χ4v) is 2.37. The summed E-state index contributed by atoms with van der Waals surface area (Å²) in [5.74, 6) is 0.510. The van der Waals surface area contributed by atoms with Gasteiger partial charge in [-0.3, -0.25) is 0 Å². The molecule has 1 atom stereocenters. The SMILES string of the molecule is C/C=C1\C(=O)OC1C1CCCCC1. The van der Waals surface area contributed by atoms with E-state index in [1.54, 1.807) is 0 Å². The molecule has 13 heavy (non-hydrogen) atoms. The highest BCUT2D eigenvalue weighted by Crippen LogP contribution is 2.36. The van der Waals surface area contributed by atoms with Gasteiger partial charge in [-0.15, -0.1) is 0 Å². The van der Waals surface area contributed by atoms with E-state index in [1.165, 1.54) is 32.1 Å². The number of rotatable bonds is 1. The number of carbonyl (C=O) groups is 1. The summed E-state index contributed by atoms with van der Waals surface area (Å²) < 4.78 is 5.17. The molecule has 72 valence electrons. The number of allylic oxidation sites excluding steroid dienone is 1. The van der Waals surface area contributed by atoms with Gasteiger partial charge in [-0.05, 0) is 19.8 Å². The summed E-state index contributed by atoms with van der Waals surface area (Å²) in [7, 11) is 0. The van der Waals surface area contributed by atoms with Crippen LogP contribution >= 0.6 is 0 Å². The normalized spacial score (nSPS) is 32.8. The van der Waals surface area contributed by atoms with Crippen LogP contribution in [-0.2, 0) is 9.53 Å². The Morgan fingerprint density at radius 1 is 1.31 bits per heavy atom. The molecule has 0 spiro atoms. The summed E-state index contributed by atoms with van der Waals surface area (Å²) in [6.45, 7) is 1.92. The quantitative estimate of drug-likeness (QED) is 0.457. The number of esters is 1. The van der Waals surface area contributed by atoms with E-state index in [0.717, 1.165) is 5.57 Å². The summed E-state index contributed by atoms with van der Waals surface area (Å²) in [5.41, 5.74) is 0.909. The molecule has 1 unspecified atom stereocenters. The zero-order valence-electron chi connectivity index (χ0n) is 8.08. The largest absolute Gasteiger partial charge is 0.453 e. The van der Waals surface area contributed by atoms with Crippen LogP contribution in [0.25, 0.3) is 0 Å². The van der Waals surface area contributed by atoms with Gasteiger partial charge in [0.15, 0.2) is 0 Å². The van der Waals surface area contributed by atoms with E-state index in [4.69, 9.17) is 4.74 Å². The smallest absolute Gasteiger partial charge is 0.338 e. The van der Waals surface area contributed by atoms with Gasteiger partial charge in [0.1, 0.15) is 6.10 Å². The average molecular weight is 180 g/mol. The van der Waals surface area contributed by atoms with Gasteiger partial charge >= 0.3 is 5.97 Å². The molecule has 0 amide bonds. The Kier molecular flexibility index (Phi) is 2.38. The third-order valence-corrected chi connectivity index (χ3v) is 3.17. The maximum atomic E-state index is 11.0. The van der Waals surface area contributed by atoms with Gasteiger partial charge in [-0.1, -0.05) is 25.3 Å². The second-order valence-electron chi connectivity index (χ2n) is 3.97. The second-order valence-corrected chi connectivity index (χ2v) is 3.97. The van der Waals surface area contributed by atoms with Gasteiger partial charge in [0.05, 0.1) is 5.57 Å². The fraction of sp³-hybridized carbons (Fsp3) is 0.727. The van der Waals surface area contributed by atoms with E-state index in [0.29, 0.717) is 5.92 Å². The van der Waals surface area contributed by atoms with E-state index in [1.807, 2.05) is 13.0 Å². The Hall–Kier alpha value is -0.790. The Bertz CT molecular complexity index is 236. The van der Waals surface area contributed by atoms with Crippen LogP contribution in [0.15, 0.2) is 11.6 Å². The number of carbonyl (C=O) groups excluding carboxylic acids is 1. The van der Waals surface area contributed by atoms with Crippen molar-refractivity contribution in [3.05, 3.63) is 11.6 Å². The van der Waals surface area contributed by atoms with Crippen LogP contribution in [0, 0.1) is 5.92 Å². The molecule has 0 aromatic carbocycles. The highest BCUT2D eigenvalue weighted by molar-refractivity contribution is 5.95. The molecule has 0 radical (unpaired) electrons. The highest BCUT2D eigenvalue weighted by atomic mass is 16.6. The van der Waals surface area contributed by atoms with Crippen molar-refractivity contribution in [2.75, 3.05) is 0 Å². The monoisotopic (exact) mass is 180 g/mol. The first-order valence-corrected chi connectivity index (χ1v) is 5.20. The van der Waals surface area contributed by atoms with Crippen LogP contribution in [0.2, 0.25) is 0 Å². The van der Waals surface area contributed by atoms with Crippen LogP contribution < -0.4 is 0 Å². The fourth-order valence-electron chi connectivity index (χ4n) is 2.37. The first-order chi connectivity index (χ1) is 6.33. The zero-order valence-corrected chi connectivity index (χ0v) is 8.08. The molecule has 0 bridgehead atoms. The van der Waals surface area contributed by atoms with Crippen LogP contribution in [0.1, 0.15) is 39.0 Å². The molecule has 2 aliphatic rings. The minimum atomic E-state index is -0.0990. The van der Waals surface area contributed by atoms with E-state index < -0.39 is 0 Å². The number of cyclic esters (lactones) is 1. The first-order valence-electron chi connectivity index (χ1n) is 5.20. The van der Waals surface area contributed by atoms with Crippen molar-refractivity contribution in [3.63, 3.8) is 0 Å². The van der Waals surface area contributed by atoms with Crippen molar-refractivity contribution in [2.45, 2.75) is 45.1 Å².